The van der Waals surface area contributed by atoms with E-state index in [0.29, 0.717) is 5.03 Å². The van der Waals surface area contributed by atoms with Crippen LogP contribution in [0.4, 0.5) is 0 Å². The van der Waals surface area contributed by atoms with Crippen LogP contribution < -0.4 is 0 Å². The highest BCUT2D eigenvalue weighted by Gasteiger charge is 2.21. The molecule has 1 N–H and O–H groups in total. The first-order valence-electron chi connectivity index (χ1n) is 5.40. The number of thioether (sulfide) groups is 1. The van der Waals surface area contributed by atoms with Gasteiger partial charge in [-0.2, -0.15) is 0 Å². The molecule has 0 bridgehead atoms. The van der Waals surface area contributed by atoms with Gasteiger partial charge in [-0.1, -0.05) is 42.1 Å². The number of carboxylic acids is 1. The fraction of sp³-hybridized carbons (Fsp3) is 0.154. The highest BCUT2D eigenvalue weighted by Crippen LogP contribution is 2.34. The molecule has 5 heteroatoms. The van der Waals surface area contributed by atoms with Crippen LogP contribution in [0.3, 0.4) is 0 Å². The van der Waals surface area contributed by atoms with Crippen molar-refractivity contribution in [3.05, 3.63) is 54.0 Å². The second kappa shape index (κ2) is 5.64. The van der Waals surface area contributed by atoms with Crippen LogP contribution in [0.2, 0.25) is 0 Å². The standard InChI is InChI=1S/C13H12N2O2S/c1-9-7-11(15-8-14-9)18-12(13(16)17)10-5-3-2-4-6-10/h2-8,12H,1H3,(H,16,17)/t12-/m0/s1. The topological polar surface area (TPSA) is 63.1 Å². The Labute approximate surface area is 109 Å². The Balaban J connectivity index is 2.25. The van der Waals surface area contributed by atoms with Gasteiger partial charge < -0.3 is 5.11 Å². The second-order valence-corrected chi connectivity index (χ2v) is 4.87. The second-order valence-electron chi connectivity index (χ2n) is 3.74. The molecule has 2 aromatic rings. The lowest BCUT2D eigenvalue weighted by atomic mass is 10.1. The summed E-state index contributed by atoms with van der Waals surface area (Å²) in [6.45, 7) is 1.85. The van der Waals surface area contributed by atoms with E-state index >= 15 is 0 Å². The van der Waals surface area contributed by atoms with Gasteiger partial charge >= 0.3 is 5.97 Å². The van der Waals surface area contributed by atoms with Gasteiger partial charge in [0, 0.05) is 5.69 Å². The molecule has 18 heavy (non-hydrogen) atoms. The van der Waals surface area contributed by atoms with Gasteiger partial charge in [-0.3, -0.25) is 4.79 Å². The lowest BCUT2D eigenvalue weighted by molar-refractivity contribution is -0.136. The Morgan fingerprint density at radius 1 is 1.28 bits per heavy atom. The van der Waals surface area contributed by atoms with Crippen LogP contribution in [0.25, 0.3) is 0 Å². The van der Waals surface area contributed by atoms with E-state index in [1.54, 1.807) is 18.2 Å². The molecule has 0 aliphatic rings. The van der Waals surface area contributed by atoms with E-state index in [0.717, 1.165) is 11.3 Å². The van der Waals surface area contributed by atoms with Crippen molar-refractivity contribution in [2.24, 2.45) is 0 Å². The molecular formula is C13H12N2O2S. The van der Waals surface area contributed by atoms with E-state index in [1.165, 1.54) is 18.1 Å². The molecule has 0 unspecified atom stereocenters. The highest BCUT2D eigenvalue weighted by molar-refractivity contribution is 8.00. The number of hydrogen-bond donors (Lipinski definition) is 1. The predicted octanol–water partition coefficient (Wildman–Crippen LogP) is 2.70. The fourth-order valence-electron chi connectivity index (χ4n) is 1.50. The van der Waals surface area contributed by atoms with Gasteiger partial charge in [0.05, 0.1) is 0 Å². The van der Waals surface area contributed by atoms with Crippen molar-refractivity contribution < 1.29 is 9.90 Å². The predicted molar refractivity (Wildman–Crippen MR) is 69.4 cm³/mol. The molecule has 0 amide bonds. The summed E-state index contributed by atoms with van der Waals surface area (Å²) in [6, 6.07) is 10.9. The van der Waals surface area contributed by atoms with Gasteiger partial charge in [-0.15, -0.1) is 0 Å². The third kappa shape index (κ3) is 3.07. The zero-order valence-electron chi connectivity index (χ0n) is 9.78. The molecule has 0 aliphatic heterocycles. The normalized spacial score (nSPS) is 12.1. The number of carboxylic acid groups (broad SMARTS) is 1. The maximum atomic E-state index is 11.3. The molecule has 0 radical (unpaired) electrons. The Morgan fingerprint density at radius 2 is 2.00 bits per heavy atom. The molecular weight excluding hydrogens is 248 g/mol. The molecule has 4 nitrogen and oxygen atoms in total. The first-order chi connectivity index (χ1) is 8.66. The average molecular weight is 260 g/mol. The largest absolute Gasteiger partial charge is 0.480 e. The SMILES string of the molecule is Cc1cc(S[C@H](C(=O)O)c2ccccc2)ncn1. The van der Waals surface area contributed by atoms with Crippen LogP contribution in [-0.2, 0) is 4.79 Å². The Hall–Kier alpha value is -1.88. The van der Waals surface area contributed by atoms with Crippen molar-refractivity contribution in [2.75, 3.05) is 0 Å². The number of carbonyl (C=O) groups is 1. The van der Waals surface area contributed by atoms with Gasteiger partial charge in [0.25, 0.3) is 0 Å². The molecule has 0 saturated heterocycles. The molecule has 0 fully saturated rings. The number of hydrogen-bond acceptors (Lipinski definition) is 4. The fourth-order valence-corrected chi connectivity index (χ4v) is 2.49. The number of aryl methyl sites for hydroxylation is 1. The third-order valence-electron chi connectivity index (χ3n) is 2.34. The molecule has 1 heterocycles. The lowest BCUT2D eigenvalue weighted by Crippen LogP contribution is -2.08. The zero-order chi connectivity index (χ0) is 13.0. The minimum atomic E-state index is -0.873. The number of aromatic nitrogens is 2. The Bertz CT molecular complexity index is 546. The molecule has 1 atom stereocenters. The van der Waals surface area contributed by atoms with Crippen molar-refractivity contribution in [1.82, 2.24) is 9.97 Å². The van der Waals surface area contributed by atoms with Gasteiger partial charge in [-0.25, -0.2) is 9.97 Å². The molecule has 1 aromatic carbocycles. The van der Waals surface area contributed by atoms with Crippen molar-refractivity contribution in [3.8, 4) is 0 Å². The molecule has 1 aromatic heterocycles. The first kappa shape index (κ1) is 12.6. The van der Waals surface area contributed by atoms with Crippen LogP contribution in [0.1, 0.15) is 16.5 Å². The number of rotatable bonds is 4. The van der Waals surface area contributed by atoms with Crippen molar-refractivity contribution in [3.63, 3.8) is 0 Å². The number of nitrogens with zero attached hydrogens (tertiary/aromatic N) is 2. The summed E-state index contributed by atoms with van der Waals surface area (Å²) in [5.41, 5.74) is 1.58. The van der Waals surface area contributed by atoms with Crippen molar-refractivity contribution >= 4 is 17.7 Å². The van der Waals surface area contributed by atoms with E-state index in [4.69, 9.17) is 0 Å². The highest BCUT2D eigenvalue weighted by atomic mass is 32.2. The van der Waals surface area contributed by atoms with E-state index in [2.05, 4.69) is 9.97 Å². The van der Waals surface area contributed by atoms with Gasteiger partial charge in [0.1, 0.15) is 16.6 Å². The third-order valence-corrected chi connectivity index (χ3v) is 3.52. The van der Waals surface area contributed by atoms with E-state index in [1.807, 2.05) is 25.1 Å². The minimum absolute atomic E-state index is 0.652. The quantitative estimate of drug-likeness (QED) is 0.676. The van der Waals surface area contributed by atoms with Crippen molar-refractivity contribution in [2.45, 2.75) is 17.2 Å². The molecule has 0 spiro atoms. The van der Waals surface area contributed by atoms with Gasteiger partial charge in [-0.05, 0) is 18.6 Å². The van der Waals surface area contributed by atoms with Crippen molar-refractivity contribution in [1.29, 1.82) is 0 Å². The zero-order valence-corrected chi connectivity index (χ0v) is 10.6. The summed E-state index contributed by atoms with van der Waals surface area (Å²) >= 11 is 1.21. The Morgan fingerprint density at radius 3 is 2.61 bits per heavy atom. The summed E-state index contributed by atoms with van der Waals surface area (Å²) in [5, 5.41) is 9.31. The summed E-state index contributed by atoms with van der Waals surface area (Å²) in [5.74, 6) is -0.873. The summed E-state index contributed by atoms with van der Waals surface area (Å²) in [6.07, 6.45) is 1.45. The first-order valence-corrected chi connectivity index (χ1v) is 6.28. The molecule has 0 saturated carbocycles. The van der Waals surface area contributed by atoms with Crippen LogP contribution in [0, 0.1) is 6.92 Å². The molecule has 0 aliphatic carbocycles. The average Bonchev–Trinajstić information content (AvgIpc) is 2.37. The lowest BCUT2D eigenvalue weighted by Gasteiger charge is -2.11. The number of aliphatic carboxylic acids is 1. The smallest absolute Gasteiger partial charge is 0.321 e. The molecule has 92 valence electrons. The van der Waals surface area contributed by atoms with Crippen LogP contribution in [0.15, 0.2) is 47.8 Å². The van der Waals surface area contributed by atoms with Crippen LogP contribution in [0.5, 0.6) is 0 Å². The summed E-state index contributed by atoms with van der Waals surface area (Å²) in [7, 11) is 0. The summed E-state index contributed by atoms with van der Waals surface area (Å²) < 4.78 is 0. The van der Waals surface area contributed by atoms with E-state index in [9.17, 15) is 9.90 Å². The van der Waals surface area contributed by atoms with E-state index in [-0.39, 0.29) is 0 Å². The minimum Gasteiger partial charge on any atom is -0.480 e. The maximum Gasteiger partial charge on any atom is 0.321 e. The van der Waals surface area contributed by atoms with Crippen LogP contribution in [-0.4, -0.2) is 21.0 Å². The van der Waals surface area contributed by atoms with E-state index < -0.39 is 11.2 Å². The maximum absolute atomic E-state index is 11.3. The van der Waals surface area contributed by atoms with Gasteiger partial charge in [0.15, 0.2) is 0 Å². The van der Waals surface area contributed by atoms with Crippen LogP contribution >= 0.6 is 11.8 Å². The molecule has 2 rings (SSSR count). The van der Waals surface area contributed by atoms with Gasteiger partial charge in [0.2, 0.25) is 0 Å². The number of benzene rings is 1. The Kier molecular flexibility index (Phi) is 3.94. The monoisotopic (exact) mass is 260 g/mol. The summed E-state index contributed by atoms with van der Waals surface area (Å²) in [4.78, 5) is 19.4.